The summed E-state index contributed by atoms with van der Waals surface area (Å²) in [5.74, 6) is 1.42. The van der Waals surface area contributed by atoms with Gasteiger partial charge in [0.2, 0.25) is 5.95 Å². The second-order valence-corrected chi connectivity index (χ2v) is 5.29. The summed E-state index contributed by atoms with van der Waals surface area (Å²) in [5.41, 5.74) is 2.91. The summed E-state index contributed by atoms with van der Waals surface area (Å²) in [5, 5.41) is 12.2. The van der Waals surface area contributed by atoms with Crippen molar-refractivity contribution >= 4 is 11.7 Å². The maximum Gasteiger partial charge on any atom is 0.224 e. The Kier molecular flexibility index (Phi) is 3.26. The third kappa shape index (κ3) is 2.31. The Morgan fingerprint density at radius 1 is 1.30 bits per heavy atom. The van der Waals surface area contributed by atoms with Crippen LogP contribution in [0.1, 0.15) is 30.3 Å². The summed E-state index contributed by atoms with van der Waals surface area (Å²) < 4.78 is 1.93. The summed E-state index contributed by atoms with van der Waals surface area (Å²) in [4.78, 5) is 6.73. The SMILES string of the molecule is CC(=N)c1nc(N2CCC2)n(Cc2ccccc2C)n1. The molecule has 1 N–H and O–H groups in total. The van der Waals surface area contributed by atoms with Gasteiger partial charge in [0.1, 0.15) is 0 Å². The van der Waals surface area contributed by atoms with Crippen molar-refractivity contribution in [3.05, 3.63) is 41.2 Å². The van der Waals surface area contributed by atoms with Gasteiger partial charge >= 0.3 is 0 Å². The average Bonchev–Trinajstić information content (AvgIpc) is 2.74. The Balaban J connectivity index is 1.95. The van der Waals surface area contributed by atoms with Crippen LogP contribution in [0.2, 0.25) is 0 Å². The Bertz CT molecular complexity index is 639. The van der Waals surface area contributed by atoms with Gasteiger partial charge in [-0.3, -0.25) is 0 Å². The number of rotatable bonds is 4. The summed E-state index contributed by atoms with van der Waals surface area (Å²) in [6.45, 7) is 6.61. The Morgan fingerprint density at radius 3 is 2.65 bits per heavy atom. The highest BCUT2D eigenvalue weighted by atomic mass is 15.5. The molecule has 1 aromatic heterocycles. The number of nitrogens with one attached hydrogen (secondary N) is 1. The summed E-state index contributed by atoms with van der Waals surface area (Å²) >= 11 is 0. The van der Waals surface area contributed by atoms with E-state index in [9.17, 15) is 0 Å². The summed E-state index contributed by atoms with van der Waals surface area (Å²) in [7, 11) is 0. The molecule has 0 unspecified atom stereocenters. The highest BCUT2D eigenvalue weighted by Gasteiger charge is 2.22. The van der Waals surface area contributed by atoms with Gasteiger partial charge in [0.25, 0.3) is 0 Å². The fraction of sp³-hybridized carbons (Fsp3) is 0.400. The van der Waals surface area contributed by atoms with E-state index >= 15 is 0 Å². The first-order valence-corrected chi connectivity index (χ1v) is 6.95. The third-order valence-corrected chi connectivity index (χ3v) is 3.71. The summed E-state index contributed by atoms with van der Waals surface area (Å²) in [6, 6.07) is 8.32. The molecule has 2 heterocycles. The molecule has 0 spiro atoms. The lowest BCUT2D eigenvalue weighted by Crippen LogP contribution is -2.39. The first kappa shape index (κ1) is 12.8. The lowest BCUT2D eigenvalue weighted by molar-refractivity contribution is 0.565. The average molecular weight is 269 g/mol. The molecule has 5 nitrogen and oxygen atoms in total. The van der Waals surface area contributed by atoms with Gasteiger partial charge in [0.15, 0.2) is 5.82 Å². The first-order valence-electron chi connectivity index (χ1n) is 6.95. The zero-order chi connectivity index (χ0) is 14.1. The maximum atomic E-state index is 7.73. The first-order chi connectivity index (χ1) is 9.65. The third-order valence-electron chi connectivity index (χ3n) is 3.71. The minimum atomic E-state index is 0.412. The van der Waals surface area contributed by atoms with E-state index in [2.05, 4.69) is 34.0 Å². The van der Waals surface area contributed by atoms with Crippen LogP contribution in [0, 0.1) is 12.3 Å². The number of nitrogens with zero attached hydrogens (tertiary/aromatic N) is 4. The second kappa shape index (κ2) is 5.07. The quantitative estimate of drug-likeness (QED) is 0.866. The molecule has 1 aliphatic rings. The predicted molar refractivity (Wildman–Crippen MR) is 79.6 cm³/mol. The molecule has 0 bridgehead atoms. The monoisotopic (exact) mass is 269 g/mol. The van der Waals surface area contributed by atoms with Crippen molar-refractivity contribution in [2.24, 2.45) is 0 Å². The van der Waals surface area contributed by atoms with Crippen LogP contribution in [0.3, 0.4) is 0 Å². The molecule has 2 aromatic rings. The predicted octanol–water partition coefficient (Wildman–Crippen LogP) is 2.23. The van der Waals surface area contributed by atoms with Crippen molar-refractivity contribution in [3.63, 3.8) is 0 Å². The second-order valence-electron chi connectivity index (χ2n) is 5.29. The molecule has 1 saturated heterocycles. The van der Waals surface area contributed by atoms with E-state index in [0.29, 0.717) is 18.1 Å². The van der Waals surface area contributed by atoms with Crippen LogP contribution in [0.4, 0.5) is 5.95 Å². The fourth-order valence-electron chi connectivity index (χ4n) is 2.30. The number of benzene rings is 1. The van der Waals surface area contributed by atoms with Crippen molar-refractivity contribution in [2.75, 3.05) is 18.0 Å². The molecule has 0 aliphatic carbocycles. The Labute approximate surface area is 118 Å². The van der Waals surface area contributed by atoms with Crippen LogP contribution in [0.5, 0.6) is 0 Å². The number of anilines is 1. The van der Waals surface area contributed by atoms with Crippen LogP contribution >= 0.6 is 0 Å². The Hall–Kier alpha value is -2.17. The van der Waals surface area contributed by atoms with Crippen LogP contribution in [0.15, 0.2) is 24.3 Å². The van der Waals surface area contributed by atoms with Crippen molar-refractivity contribution in [1.82, 2.24) is 14.8 Å². The number of hydrogen-bond acceptors (Lipinski definition) is 4. The summed E-state index contributed by atoms with van der Waals surface area (Å²) in [6.07, 6.45) is 1.20. The molecule has 0 atom stereocenters. The van der Waals surface area contributed by atoms with Gasteiger partial charge < -0.3 is 10.3 Å². The highest BCUT2D eigenvalue weighted by molar-refractivity contribution is 5.92. The maximum absolute atomic E-state index is 7.73. The molecule has 5 heteroatoms. The molecule has 0 amide bonds. The van der Waals surface area contributed by atoms with Gasteiger partial charge in [-0.05, 0) is 31.4 Å². The van der Waals surface area contributed by atoms with E-state index in [4.69, 9.17) is 5.41 Å². The number of hydrogen-bond donors (Lipinski definition) is 1. The molecule has 20 heavy (non-hydrogen) atoms. The molecule has 3 rings (SSSR count). The van der Waals surface area contributed by atoms with Crippen LogP contribution in [0.25, 0.3) is 0 Å². The number of aromatic nitrogens is 3. The van der Waals surface area contributed by atoms with Crippen molar-refractivity contribution in [2.45, 2.75) is 26.8 Å². The molecule has 0 radical (unpaired) electrons. The fourth-order valence-corrected chi connectivity index (χ4v) is 2.30. The molecule has 104 valence electrons. The zero-order valence-electron chi connectivity index (χ0n) is 11.9. The van der Waals surface area contributed by atoms with Crippen molar-refractivity contribution in [3.8, 4) is 0 Å². The van der Waals surface area contributed by atoms with E-state index in [0.717, 1.165) is 19.0 Å². The van der Waals surface area contributed by atoms with Gasteiger partial charge in [-0.2, -0.15) is 4.98 Å². The van der Waals surface area contributed by atoms with Gasteiger partial charge in [-0.25, -0.2) is 4.68 Å². The molecular weight excluding hydrogens is 250 g/mol. The lowest BCUT2D eigenvalue weighted by Gasteiger charge is -2.31. The molecule has 1 aromatic carbocycles. The van der Waals surface area contributed by atoms with E-state index in [1.54, 1.807) is 6.92 Å². The molecule has 1 fully saturated rings. The van der Waals surface area contributed by atoms with Gasteiger partial charge in [-0.1, -0.05) is 24.3 Å². The Morgan fingerprint density at radius 2 is 2.05 bits per heavy atom. The van der Waals surface area contributed by atoms with Crippen LogP contribution in [-0.2, 0) is 6.54 Å². The van der Waals surface area contributed by atoms with Crippen LogP contribution in [-0.4, -0.2) is 33.6 Å². The molecule has 1 aliphatic heterocycles. The van der Waals surface area contributed by atoms with Crippen LogP contribution < -0.4 is 4.90 Å². The smallest absolute Gasteiger partial charge is 0.224 e. The zero-order valence-corrected chi connectivity index (χ0v) is 11.9. The number of aryl methyl sites for hydroxylation is 1. The van der Waals surface area contributed by atoms with Crippen molar-refractivity contribution < 1.29 is 0 Å². The highest BCUT2D eigenvalue weighted by Crippen LogP contribution is 2.20. The van der Waals surface area contributed by atoms with Gasteiger partial charge in [0.05, 0.1) is 12.3 Å². The van der Waals surface area contributed by atoms with Gasteiger partial charge in [0, 0.05) is 13.1 Å². The minimum absolute atomic E-state index is 0.412. The normalized spacial score (nSPS) is 14.2. The lowest BCUT2D eigenvalue weighted by atomic mass is 10.1. The molecule has 0 saturated carbocycles. The van der Waals surface area contributed by atoms with E-state index < -0.39 is 0 Å². The van der Waals surface area contributed by atoms with Crippen molar-refractivity contribution in [1.29, 1.82) is 5.41 Å². The van der Waals surface area contributed by atoms with E-state index in [1.165, 1.54) is 17.5 Å². The largest absolute Gasteiger partial charge is 0.341 e. The molecular formula is C15H19N5. The van der Waals surface area contributed by atoms with E-state index in [1.807, 2.05) is 16.8 Å². The topological polar surface area (TPSA) is 57.8 Å². The van der Waals surface area contributed by atoms with Gasteiger partial charge in [-0.15, -0.1) is 5.10 Å². The minimum Gasteiger partial charge on any atom is -0.341 e. The van der Waals surface area contributed by atoms with E-state index in [-0.39, 0.29) is 0 Å². The standard InChI is InChI=1S/C15H19N5/c1-11-6-3-4-7-13(11)10-20-15(19-8-5-9-19)17-14(18-20)12(2)16/h3-4,6-7,16H,5,8-10H2,1-2H3.